The van der Waals surface area contributed by atoms with E-state index in [-0.39, 0.29) is 5.91 Å². The van der Waals surface area contributed by atoms with Crippen molar-refractivity contribution in [2.24, 2.45) is 0 Å². The summed E-state index contributed by atoms with van der Waals surface area (Å²) in [5.41, 5.74) is 1.16. The summed E-state index contributed by atoms with van der Waals surface area (Å²) in [5.74, 6) is 0.178. The Bertz CT molecular complexity index is 334. The van der Waals surface area contributed by atoms with E-state index in [0.29, 0.717) is 13.0 Å². The van der Waals surface area contributed by atoms with E-state index in [0.717, 1.165) is 12.0 Å². The van der Waals surface area contributed by atoms with Crippen molar-refractivity contribution in [2.45, 2.75) is 64.8 Å². The van der Waals surface area contributed by atoms with Gasteiger partial charge in [0.25, 0.3) is 0 Å². The van der Waals surface area contributed by atoms with Crippen LogP contribution < -0.4 is 5.32 Å². The first-order valence-electron chi connectivity index (χ1n) is 7.63. The van der Waals surface area contributed by atoms with Crippen molar-refractivity contribution in [3.8, 4) is 0 Å². The number of benzene rings is 1. The van der Waals surface area contributed by atoms with Gasteiger partial charge in [-0.15, -0.1) is 0 Å². The van der Waals surface area contributed by atoms with Crippen LogP contribution in [0.3, 0.4) is 0 Å². The fourth-order valence-corrected chi connectivity index (χ4v) is 2.13. The molecule has 0 atom stereocenters. The van der Waals surface area contributed by atoms with Gasteiger partial charge in [-0.2, -0.15) is 0 Å². The molecule has 106 valence electrons. The summed E-state index contributed by atoms with van der Waals surface area (Å²) in [6, 6.07) is 10.1. The summed E-state index contributed by atoms with van der Waals surface area (Å²) in [6.07, 6.45) is 9.44. The first-order valence-corrected chi connectivity index (χ1v) is 7.63. The summed E-state index contributed by atoms with van der Waals surface area (Å²) in [7, 11) is 0. The minimum Gasteiger partial charge on any atom is -0.352 e. The summed E-state index contributed by atoms with van der Waals surface area (Å²) in [6.45, 7) is 2.88. The van der Waals surface area contributed by atoms with Gasteiger partial charge < -0.3 is 5.32 Å². The molecule has 0 saturated carbocycles. The Hall–Kier alpha value is -1.31. The average Bonchev–Trinajstić information content (AvgIpc) is 2.45. The van der Waals surface area contributed by atoms with Gasteiger partial charge in [0.05, 0.1) is 0 Å². The monoisotopic (exact) mass is 261 g/mol. The van der Waals surface area contributed by atoms with Crippen molar-refractivity contribution in [1.29, 1.82) is 0 Å². The number of amides is 1. The second kappa shape index (κ2) is 10.6. The third kappa shape index (κ3) is 8.41. The van der Waals surface area contributed by atoms with E-state index in [9.17, 15) is 4.79 Å². The first-order chi connectivity index (χ1) is 9.33. The largest absolute Gasteiger partial charge is 0.352 e. The lowest BCUT2D eigenvalue weighted by molar-refractivity contribution is -0.121. The highest BCUT2D eigenvalue weighted by molar-refractivity contribution is 5.75. The molecule has 0 aromatic heterocycles. The van der Waals surface area contributed by atoms with Crippen LogP contribution in [0.25, 0.3) is 0 Å². The number of rotatable bonds is 10. The highest BCUT2D eigenvalue weighted by Gasteiger charge is 2.00. The van der Waals surface area contributed by atoms with Gasteiger partial charge in [0.1, 0.15) is 0 Å². The zero-order valence-corrected chi connectivity index (χ0v) is 12.2. The van der Waals surface area contributed by atoms with Crippen LogP contribution in [-0.2, 0) is 11.3 Å². The van der Waals surface area contributed by atoms with Gasteiger partial charge in [-0.3, -0.25) is 4.79 Å². The summed E-state index contributed by atoms with van der Waals surface area (Å²) >= 11 is 0. The number of hydrogen-bond donors (Lipinski definition) is 1. The second-order valence-corrected chi connectivity index (χ2v) is 5.13. The van der Waals surface area contributed by atoms with Gasteiger partial charge in [-0.1, -0.05) is 75.8 Å². The Morgan fingerprint density at radius 1 is 0.947 bits per heavy atom. The van der Waals surface area contributed by atoms with Gasteiger partial charge in [0.15, 0.2) is 0 Å². The molecule has 1 N–H and O–H groups in total. The molecule has 0 radical (unpaired) electrons. The molecular formula is C17H27NO. The minimum absolute atomic E-state index is 0.178. The average molecular weight is 261 g/mol. The van der Waals surface area contributed by atoms with Crippen LogP contribution in [0.1, 0.15) is 63.9 Å². The molecule has 0 heterocycles. The standard InChI is InChI=1S/C17H27NO/c1-2-3-4-5-6-7-11-14-17(19)18-15-16-12-9-8-10-13-16/h8-10,12-13H,2-7,11,14-15H2,1H3,(H,18,19). The van der Waals surface area contributed by atoms with Crippen LogP contribution in [0.15, 0.2) is 30.3 Å². The number of hydrogen-bond acceptors (Lipinski definition) is 1. The maximum absolute atomic E-state index is 11.6. The lowest BCUT2D eigenvalue weighted by Gasteiger charge is -2.05. The van der Waals surface area contributed by atoms with Gasteiger partial charge in [-0.05, 0) is 12.0 Å². The lowest BCUT2D eigenvalue weighted by Crippen LogP contribution is -2.22. The zero-order valence-electron chi connectivity index (χ0n) is 12.2. The zero-order chi connectivity index (χ0) is 13.8. The lowest BCUT2D eigenvalue weighted by atomic mass is 10.1. The molecule has 2 heteroatoms. The van der Waals surface area contributed by atoms with E-state index >= 15 is 0 Å². The second-order valence-electron chi connectivity index (χ2n) is 5.13. The molecule has 1 rings (SSSR count). The van der Waals surface area contributed by atoms with Crippen LogP contribution in [-0.4, -0.2) is 5.91 Å². The highest BCUT2D eigenvalue weighted by Crippen LogP contribution is 2.08. The first kappa shape index (κ1) is 15.7. The molecule has 19 heavy (non-hydrogen) atoms. The predicted octanol–water partition coefficient (Wildman–Crippen LogP) is 4.44. The molecule has 0 spiro atoms. The van der Waals surface area contributed by atoms with Crippen LogP contribution in [0.5, 0.6) is 0 Å². The summed E-state index contributed by atoms with van der Waals surface area (Å²) < 4.78 is 0. The van der Waals surface area contributed by atoms with E-state index in [1.54, 1.807) is 0 Å². The minimum atomic E-state index is 0.178. The molecule has 0 fully saturated rings. The predicted molar refractivity (Wildman–Crippen MR) is 80.9 cm³/mol. The molecular weight excluding hydrogens is 234 g/mol. The third-order valence-electron chi connectivity index (χ3n) is 3.34. The molecule has 0 aliphatic carbocycles. The van der Waals surface area contributed by atoms with E-state index in [4.69, 9.17) is 0 Å². The summed E-state index contributed by atoms with van der Waals surface area (Å²) in [4.78, 5) is 11.6. The smallest absolute Gasteiger partial charge is 0.220 e. The van der Waals surface area contributed by atoms with Crippen molar-refractivity contribution in [3.05, 3.63) is 35.9 Å². The van der Waals surface area contributed by atoms with E-state index in [1.165, 1.54) is 38.5 Å². The van der Waals surface area contributed by atoms with Crippen molar-refractivity contribution in [3.63, 3.8) is 0 Å². The van der Waals surface area contributed by atoms with Crippen LogP contribution in [0.4, 0.5) is 0 Å². The Morgan fingerprint density at radius 2 is 1.58 bits per heavy atom. The SMILES string of the molecule is CCCCCCCCCC(=O)NCc1ccccc1. The fraction of sp³-hybridized carbons (Fsp3) is 0.588. The Labute approximate surface area is 117 Å². The normalized spacial score (nSPS) is 10.4. The number of nitrogens with one attached hydrogen (secondary N) is 1. The third-order valence-corrected chi connectivity index (χ3v) is 3.34. The van der Waals surface area contributed by atoms with Crippen LogP contribution >= 0.6 is 0 Å². The quantitative estimate of drug-likeness (QED) is 0.620. The number of carbonyl (C=O) groups excluding carboxylic acids is 1. The van der Waals surface area contributed by atoms with E-state index in [2.05, 4.69) is 12.2 Å². The maximum Gasteiger partial charge on any atom is 0.220 e. The van der Waals surface area contributed by atoms with Crippen molar-refractivity contribution in [2.75, 3.05) is 0 Å². The van der Waals surface area contributed by atoms with Gasteiger partial charge in [0, 0.05) is 13.0 Å². The number of carbonyl (C=O) groups is 1. The Balaban J connectivity index is 1.96. The van der Waals surface area contributed by atoms with Crippen LogP contribution in [0, 0.1) is 0 Å². The van der Waals surface area contributed by atoms with E-state index in [1.807, 2.05) is 30.3 Å². The van der Waals surface area contributed by atoms with E-state index < -0.39 is 0 Å². The molecule has 0 aliphatic heterocycles. The highest BCUT2D eigenvalue weighted by atomic mass is 16.1. The molecule has 0 saturated heterocycles. The van der Waals surface area contributed by atoms with Gasteiger partial charge in [0.2, 0.25) is 5.91 Å². The summed E-state index contributed by atoms with van der Waals surface area (Å²) in [5, 5.41) is 2.97. The Kier molecular flexibility index (Phi) is 8.78. The fourth-order valence-electron chi connectivity index (χ4n) is 2.13. The Morgan fingerprint density at radius 3 is 2.26 bits per heavy atom. The molecule has 0 unspecified atom stereocenters. The van der Waals surface area contributed by atoms with Crippen molar-refractivity contribution >= 4 is 5.91 Å². The molecule has 1 amide bonds. The van der Waals surface area contributed by atoms with Crippen molar-refractivity contribution < 1.29 is 4.79 Å². The molecule has 1 aromatic rings. The number of unbranched alkanes of at least 4 members (excludes halogenated alkanes) is 6. The van der Waals surface area contributed by atoms with Crippen LogP contribution in [0.2, 0.25) is 0 Å². The topological polar surface area (TPSA) is 29.1 Å². The maximum atomic E-state index is 11.6. The van der Waals surface area contributed by atoms with Gasteiger partial charge >= 0.3 is 0 Å². The van der Waals surface area contributed by atoms with Gasteiger partial charge in [-0.25, -0.2) is 0 Å². The molecule has 1 aromatic carbocycles. The molecule has 2 nitrogen and oxygen atoms in total. The van der Waals surface area contributed by atoms with Crippen molar-refractivity contribution in [1.82, 2.24) is 5.32 Å². The molecule has 0 aliphatic rings. The molecule has 0 bridgehead atoms.